The van der Waals surface area contributed by atoms with Gasteiger partial charge in [0.1, 0.15) is 5.69 Å². The second kappa shape index (κ2) is 8.76. The Morgan fingerprint density at radius 1 is 1.16 bits per heavy atom. The van der Waals surface area contributed by atoms with Crippen molar-refractivity contribution < 1.29 is 0 Å². The summed E-state index contributed by atoms with van der Waals surface area (Å²) in [6.07, 6.45) is 7.39. The molecule has 8 heteroatoms. The minimum atomic E-state index is 0.551. The van der Waals surface area contributed by atoms with Crippen LogP contribution in [0.15, 0.2) is 61.2 Å². The van der Waals surface area contributed by atoms with E-state index < -0.39 is 0 Å². The van der Waals surface area contributed by atoms with Crippen LogP contribution in [0.4, 0.5) is 17.3 Å². The normalized spacial score (nSPS) is 13.8. The molecule has 0 amide bonds. The van der Waals surface area contributed by atoms with Gasteiger partial charge in [-0.05, 0) is 49.9 Å². The molecule has 0 bridgehead atoms. The predicted molar refractivity (Wildman–Crippen MR) is 127 cm³/mol. The number of likely N-dealkylation sites (N-methyl/N-ethyl adjacent to an activating group) is 1. The molecule has 162 valence electrons. The van der Waals surface area contributed by atoms with Crippen LogP contribution >= 0.6 is 0 Å². The van der Waals surface area contributed by atoms with Crippen molar-refractivity contribution in [3.05, 3.63) is 66.7 Å². The lowest BCUT2D eigenvalue weighted by atomic mass is 10.1. The van der Waals surface area contributed by atoms with Gasteiger partial charge in [-0.2, -0.15) is 5.10 Å². The third kappa shape index (κ3) is 4.17. The number of aromatic nitrogens is 5. The quantitative estimate of drug-likeness (QED) is 0.499. The average molecular weight is 427 g/mol. The first-order valence-electron chi connectivity index (χ1n) is 10.8. The molecule has 0 unspecified atom stereocenters. The molecule has 4 aromatic rings. The summed E-state index contributed by atoms with van der Waals surface area (Å²) in [7, 11) is 2.14. The molecular weight excluding hydrogens is 400 g/mol. The predicted octanol–water partition coefficient (Wildman–Crippen LogP) is 4.02. The summed E-state index contributed by atoms with van der Waals surface area (Å²) < 4.78 is 1.92. The van der Waals surface area contributed by atoms with Gasteiger partial charge in [-0.3, -0.25) is 9.67 Å². The first-order valence-corrected chi connectivity index (χ1v) is 10.8. The van der Waals surface area contributed by atoms with E-state index in [1.54, 1.807) is 12.4 Å². The highest BCUT2D eigenvalue weighted by molar-refractivity contribution is 5.78. The summed E-state index contributed by atoms with van der Waals surface area (Å²) in [5.41, 5.74) is 6.99. The number of nitrogens with zero attached hydrogens (tertiary/aromatic N) is 6. The second-order valence-corrected chi connectivity index (χ2v) is 7.92. The van der Waals surface area contributed by atoms with E-state index in [9.17, 15) is 0 Å². The Labute approximate surface area is 187 Å². The molecule has 1 aliphatic heterocycles. The van der Waals surface area contributed by atoms with E-state index in [-0.39, 0.29) is 0 Å². The molecule has 0 spiro atoms. The SMILES string of the molecule is CCn1cc(-c2ccnc(Nc3ccc4c(c3)NCCN(C)C4)n2)c(-c2cccnc2)n1. The van der Waals surface area contributed by atoms with Crippen LogP contribution in [-0.2, 0) is 13.1 Å². The number of fused-ring (bicyclic) bond motifs is 1. The monoisotopic (exact) mass is 426 g/mol. The third-order valence-corrected chi connectivity index (χ3v) is 5.57. The Hall–Kier alpha value is -3.78. The van der Waals surface area contributed by atoms with E-state index >= 15 is 0 Å². The summed E-state index contributed by atoms with van der Waals surface area (Å²) >= 11 is 0. The van der Waals surface area contributed by atoms with Crippen LogP contribution in [0.1, 0.15) is 12.5 Å². The van der Waals surface area contributed by atoms with Crippen molar-refractivity contribution in [1.29, 1.82) is 0 Å². The molecule has 0 radical (unpaired) electrons. The van der Waals surface area contributed by atoms with Crippen LogP contribution < -0.4 is 10.6 Å². The Kier molecular flexibility index (Phi) is 5.51. The maximum absolute atomic E-state index is 4.79. The number of benzene rings is 1. The van der Waals surface area contributed by atoms with E-state index in [4.69, 9.17) is 10.1 Å². The van der Waals surface area contributed by atoms with Gasteiger partial charge in [-0.25, -0.2) is 9.97 Å². The molecule has 1 aromatic carbocycles. The lowest BCUT2D eigenvalue weighted by molar-refractivity contribution is 0.346. The Bertz CT molecular complexity index is 1220. The Morgan fingerprint density at radius 3 is 2.94 bits per heavy atom. The molecule has 8 nitrogen and oxygen atoms in total. The standard InChI is InChI=1S/C24H26N8/c1-3-32-16-20(23(30-32)17-5-4-9-25-14-17)21-8-10-27-24(29-21)28-19-7-6-18-15-31(2)12-11-26-22(18)13-19/h4-10,13-14,16,26H,3,11-12,15H2,1-2H3,(H,27,28,29). The number of hydrogen-bond donors (Lipinski definition) is 2. The van der Waals surface area contributed by atoms with Crippen LogP contribution in [0.3, 0.4) is 0 Å². The van der Waals surface area contributed by atoms with Gasteiger partial charge in [0.25, 0.3) is 0 Å². The number of rotatable bonds is 5. The summed E-state index contributed by atoms with van der Waals surface area (Å²) in [6.45, 7) is 5.74. The average Bonchev–Trinajstić information content (AvgIpc) is 3.17. The number of nitrogens with one attached hydrogen (secondary N) is 2. The number of pyridine rings is 1. The van der Waals surface area contributed by atoms with Gasteiger partial charge in [0.15, 0.2) is 0 Å². The maximum atomic E-state index is 4.79. The van der Waals surface area contributed by atoms with Gasteiger partial charge in [0, 0.05) is 73.5 Å². The highest BCUT2D eigenvalue weighted by Crippen LogP contribution is 2.30. The largest absolute Gasteiger partial charge is 0.383 e. The van der Waals surface area contributed by atoms with Gasteiger partial charge < -0.3 is 15.5 Å². The van der Waals surface area contributed by atoms with Crippen molar-refractivity contribution in [3.8, 4) is 22.5 Å². The van der Waals surface area contributed by atoms with Gasteiger partial charge in [0.2, 0.25) is 5.95 Å². The van der Waals surface area contributed by atoms with E-state index in [0.29, 0.717) is 5.95 Å². The third-order valence-electron chi connectivity index (χ3n) is 5.57. The fraction of sp³-hybridized carbons (Fsp3) is 0.250. The fourth-order valence-corrected chi connectivity index (χ4v) is 3.89. The molecule has 2 N–H and O–H groups in total. The van der Waals surface area contributed by atoms with Gasteiger partial charge in [0.05, 0.1) is 5.69 Å². The minimum absolute atomic E-state index is 0.551. The van der Waals surface area contributed by atoms with E-state index in [1.165, 1.54) is 5.56 Å². The fourth-order valence-electron chi connectivity index (χ4n) is 3.89. The number of hydrogen-bond acceptors (Lipinski definition) is 7. The van der Waals surface area contributed by atoms with E-state index in [1.807, 2.05) is 35.3 Å². The summed E-state index contributed by atoms with van der Waals surface area (Å²) in [5, 5.41) is 11.6. The first kappa shape index (κ1) is 20.1. The molecule has 0 atom stereocenters. The van der Waals surface area contributed by atoms with Crippen molar-refractivity contribution in [2.24, 2.45) is 0 Å². The molecule has 5 rings (SSSR count). The number of anilines is 3. The van der Waals surface area contributed by atoms with Crippen molar-refractivity contribution in [3.63, 3.8) is 0 Å². The van der Waals surface area contributed by atoms with Gasteiger partial charge in [-0.1, -0.05) is 6.07 Å². The molecule has 3 aromatic heterocycles. The van der Waals surface area contributed by atoms with Crippen molar-refractivity contribution in [1.82, 2.24) is 29.6 Å². The zero-order valence-corrected chi connectivity index (χ0v) is 18.3. The smallest absolute Gasteiger partial charge is 0.227 e. The molecule has 1 aliphatic rings. The van der Waals surface area contributed by atoms with Crippen LogP contribution in [0.5, 0.6) is 0 Å². The summed E-state index contributed by atoms with van der Waals surface area (Å²) in [6, 6.07) is 12.2. The molecule has 4 heterocycles. The van der Waals surface area contributed by atoms with Crippen LogP contribution in [0.2, 0.25) is 0 Å². The molecule has 0 fully saturated rings. The summed E-state index contributed by atoms with van der Waals surface area (Å²) in [4.78, 5) is 15.8. The zero-order chi connectivity index (χ0) is 21.9. The van der Waals surface area contributed by atoms with Crippen LogP contribution in [-0.4, -0.2) is 49.8 Å². The van der Waals surface area contributed by atoms with Crippen molar-refractivity contribution in [2.45, 2.75) is 20.0 Å². The molecule has 32 heavy (non-hydrogen) atoms. The van der Waals surface area contributed by atoms with Gasteiger partial charge in [-0.15, -0.1) is 0 Å². The highest BCUT2D eigenvalue weighted by Gasteiger charge is 2.16. The second-order valence-electron chi connectivity index (χ2n) is 7.92. The zero-order valence-electron chi connectivity index (χ0n) is 18.3. The number of aryl methyl sites for hydroxylation is 1. The van der Waals surface area contributed by atoms with Crippen molar-refractivity contribution in [2.75, 3.05) is 30.8 Å². The molecule has 0 saturated heterocycles. The maximum Gasteiger partial charge on any atom is 0.227 e. The van der Waals surface area contributed by atoms with E-state index in [0.717, 1.165) is 60.1 Å². The van der Waals surface area contributed by atoms with Crippen molar-refractivity contribution >= 4 is 17.3 Å². The Balaban J connectivity index is 1.45. The van der Waals surface area contributed by atoms with Crippen LogP contribution in [0, 0.1) is 0 Å². The lowest BCUT2D eigenvalue weighted by Crippen LogP contribution is -2.20. The summed E-state index contributed by atoms with van der Waals surface area (Å²) in [5.74, 6) is 0.551. The molecular formula is C24H26N8. The van der Waals surface area contributed by atoms with E-state index in [2.05, 4.69) is 57.7 Å². The highest BCUT2D eigenvalue weighted by atomic mass is 15.3. The minimum Gasteiger partial charge on any atom is -0.383 e. The molecule has 0 saturated carbocycles. The molecule has 0 aliphatic carbocycles. The first-order chi connectivity index (χ1) is 15.7. The lowest BCUT2D eigenvalue weighted by Gasteiger charge is -2.13. The van der Waals surface area contributed by atoms with Gasteiger partial charge >= 0.3 is 0 Å². The Morgan fingerprint density at radius 2 is 2.09 bits per heavy atom. The van der Waals surface area contributed by atoms with Crippen LogP contribution in [0.25, 0.3) is 22.5 Å². The topological polar surface area (TPSA) is 83.8 Å².